The van der Waals surface area contributed by atoms with Crippen molar-refractivity contribution in [2.75, 3.05) is 6.54 Å². The zero-order valence-electron chi connectivity index (χ0n) is 12.8. The van der Waals surface area contributed by atoms with Gasteiger partial charge >= 0.3 is 0 Å². The standard InChI is InChI=1S/C16H21BrClN3/c1-5-19-15(12-7-6-11(4)14(18)8-12)16-13(17)9-20-21(16)10(2)3/h6-10,15,19H,5H2,1-4H3. The van der Waals surface area contributed by atoms with E-state index in [1.807, 2.05) is 23.9 Å². The van der Waals surface area contributed by atoms with Gasteiger partial charge in [0, 0.05) is 11.1 Å². The maximum absolute atomic E-state index is 6.30. The van der Waals surface area contributed by atoms with Crippen LogP contribution in [0, 0.1) is 6.92 Å². The molecule has 1 unspecified atom stereocenters. The molecule has 1 aromatic heterocycles. The van der Waals surface area contributed by atoms with Gasteiger partial charge in [-0.05, 0) is 60.4 Å². The van der Waals surface area contributed by atoms with Crippen molar-refractivity contribution in [2.24, 2.45) is 0 Å². The normalized spacial score (nSPS) is 12.9. The highest BCUT2D eigenvalue weighted by atomic mass is 79.9. The lowest BCUT2D eigenvalue weighted by molar-refractivity contribution is 0.475. The maximum Gasteiger partial charge on any atom is 0.0760 e. The number of aromatic nitrogens is 2. The lowest BCUT2D eigenvalue weighted by atomic mass is 10.0. The third kappa shape index (κ3) is 3.50. The fourth-order valence-electron chi connectivity index (χ4n) is 2.40. The zero-order valence-corrected chi connectivity index (χ0v) is 15.2. The third-order valence-electron chi connectivity index (χ3n) is 3.49. The summed E-state index contributed by atoms with van der Waals surface area (Å²) in [5, 5.41) is 8.81. The van der Waals surface area contributed by atoms with E-state index in [0.29, 0.717) is 6.04 Å². The summed E-state index contributed by atoms with van der Waals surface area (Å²) in [6.45, 7) is 9.25. The highest BCUT2D eigenvalue weighted by molar-refractivity contribution is 9.10. The van der Waals surface area contributed by atoms with Crippen LogP contribution in [0.25, 0.3) is 0 Å². The van der Waals surface area contributed by atoms with Crippen molar-refractivity contribution in [3.8, 4) is 0 Å². The van der Waals surface area contributed by atoms with E-state index >= 15 is 0 Å². The van der Waals surface area contributed by atoms with Gasteiger partial charge in [-0.2, -0.15) is 5.10 Å². The largest absolute Gasteiger partial charge is 0.305 e. The van der Waals surface area contributed by atoms with Crippen LogP contribution in [-0.4, -0.2) is 16.3 Å². The molecule has 3 nitrogen and oxygen atoms in total. The van der Waals surface area contributed by atoms with Crippen molar-refractivity contribution in [3.63, 3.8) is 0 Å². The zero-order chi connectivity index (χ0) is 15.6. The Labute approximate surface area is 139 Å². The summed E-state index contributed by atoms with van der Waals surface area (Å²) in [5.74, 6) is 0. The number of hydrogen-bond acceptors (Lipinski definition) is 2. The molecule has 1 heterocycles. The first-order valence-electron chi connectivity index (χ1n) is 7.18. The number of halogens is 2. The van der Waals surface area contributed by atoms with Gasteiger partial charge in [-0.1, -0.05) is 30.7 Å². The van der Waals surface area contributed by atoms with Gasteiger partial charge in [-0.15, -0.1) is 0 Å². The van der Waals surface area contributed by atoms with Gasteiger partial charge < -0.3 is 5.32 Å². The topological polar surface area (TPSA) is 29.9 Å². The molecule has 5 heteroatoms. The Hall–Kier alpha value is -0.840. The van der Waals surface area contributed by atoms with Crippen molar-refractivity contribution in [1.82, 2.24) is 15.1 Å². The molecule has 0 aliphatic carbocycles. The van der Waals surface area contributed by atoms with E-state index in [9.17, 15) is 0 Å². The van der Waals surface area contributed by atoms with Gasteiger partial charge in [-0.25, -0.2) is 0 Å². The Morgan fingerprint density at radius 2 is 2.10 bits per heavy atom. The van der Waals surface area contributed by atoms with Gasteiger partial charge in [-0.3, -0.25) is 4.68 Å². The lowest BCUT2D eigenvalue weighted by Gasteiger charge is -2.22. The Morgan fingerprint density at radius 3 is 2.67 bits per heavy atom. The van der Waals surface area contributed by atoms with E-state index in [4.69, 9.17) is 11.6 Å². The second-order valence-corrected chi connectivity index (χ2v) is 6.68. The van der Waals surface area contributed by atoms with Crippen LogP contribution in [0.3, 0.4) is 0 Å². The first-order valence-corrected chi connectivity index (χ1v) is 8.35. The fourth-order valence-corrected chi connectivity index (χ4v) is 3.09. The van der Waals surface area contributed by atoms with Gasteiger partial charge in [0.15, 0.2) is 0 Å². The number of benzene rings is 1. The summed E-state index contributed by atoms with van der Waals surface area (Å²) in [7, 11) is 0. The Morgan fingerprint density at radius 1 is 1.38 bits per heavy atom. The molecule has 2 rings (SSSR count). The molecule has 0 saturated carbocycles. The molecule has 1 aromatic carbocycles. The van der Waals surface area contributed by atoms with Crippen molar-refractivity contribution in [2.45, 2.75) is 39.8 Å². The maximum atomic E-state index is 6.30. The molecule has 2 aromatic rings. The summed E-state index contributed by atoms with van der Waals surface area (Å²) < 4.78 is 3.06. The number of hydrogen-bond donors (Lipinski definition) is 1. The van der Waals surface area contributed by atoms with Gasteiger partial charge in [0.1, 0.15) is 0 Å². The molecule has 0 saturated heterocycles. The average molecular weight is 371 g/mol. The Balaban J connectivity index is 2.53. The quantitative estimate of drug-likeness (QED) is 0.812. The van der Waals surface area contributed by atoms with Crippen LogP contribution in [0.1, 0.15) is 49.7 Å². The molecular weight excluding hydrogens is 350 g/mol. The first-order chi connectivity index (χ1) is 9.95. The van der Waals surface area contributed by atoms with E-state index in [1.165, 1.54) is 0 Å². The second-order valence-electron chi connectivity index (χ2n) is 5.42. The molecule has 1 atom stereocenters. The summed E-state index contributed by atoms with van der Waals surface area (Å²) in [4.78, 5) is 0. The van der Waals surface area contributed by atoms with E-state index < -0.39 is 0 Å². The number of rotatable bonds is 5. The van der Waals surface area contributed by atoms with Crippen molar-refractivity contribution in [3.05, 3.63) is 50.7 Å². The monoisotopic (exact) mass is 369 g/mol. The van der Waals surface area contributed by atoms with Crippen LogP contribution < -0.4 is 5.32 Å². The molecule has 0 amide bonds. The van der Waals surface area contributed by atoms with Crippen LogP contribution in [0.5, 0.6) is 0 Å². The molecule has 114 valence electrons. The van der Waals surface area contributed by atoms with E-state index in [1.54, 1.807) is 0 Å². The Bertz CT molecular complexity index is 622. The third-order valence-corrected chi connectivity index (χ3v) is 4.51. The summed E-state index contributed by atoms with van der Waals surface area (Å²) in [6, 6.07) is 6.58. The minimum absolute atomic E-state index is 0.0624. The molecule has 0 radical (unpaired) electrons. The molecule has 0 bridgehead atoms. The molecule has 0 fully saturated rings. The smallest absolute Gasteiger partial charge is 0.0760 e. The predicted octanol–water partition coefficient (Wildman–Crippen LogP) is 4.89. The van der Waals surface area contributed by atoms with Crippen molar-refractivity contribution >= 4 is 27.5 Å². The molecule has 0 spiro atoms. The summed E-state index contributed by atoms with van der Waals surface area (Å²) >= 11 is 9.93. The van der Waals surface area contributed by atoms with Crippen LogP contribution >= 0.6 is 27.5 Å². The molecule has 0 aliphatic heterocycles. The van der Waals surface area contributed by atoms with Crippen LogP contribution in [0.15, 0.2) is 28.9 Å². The van der Waals surface area contributed by atoms with E-state index in [2.05, 4.69) is 59.2 Å². The second kappa shape index (κ2) is 6.95. The molecule has 0 aliphatic rings. The van der Waals surface area contributed by atoms with E-state index in [0.717, 1.165) is 32.9 Å². The Kier molecular flexibility index (Phi) is 5.47. The highest BCUT2D eigenvalue weighted by Gasteiger charge is 2.22. The van der Waals surface area contributed by atoms with Gasteiger partial charge in [0.05, 0.1) is 22.4 Å². The lowest BCUT2D eigenvalue weighted by Crippen LogP contribution is -2.26. The first kappa shape index (κ1) is 16.5. The SMILES string of the molecule is CCNC(c1ccc(C)c(Cl)c1)c1c(Br)cnn1C(C)C. The van der Waals surface area contributed by atoms with Gasteiger partial charge in [0.25, 0.3) is 0 Å². The minimum Gasteiger partial charge on any atom is -0.305 e. The highest BCUT2D eigenvalue weighted by Crippen LogP contribution is 2.32. The van der Waals surface area contributed by atoms with Crippen molar-refractivity contribution < 1.29 is 0 Å². The summed E-state index contributed by atoms with van der Waals surface area (Å²) in [5.41, 5.74) is 3.37. The average Bonchev–Trinajstić information content (AvgIpc) is 2.81. The molecule has 1 N–H and O–H groups in total. The molecule has 21 heavy (non-hydrogen) atoms. The minimum atomic E-state index is 0.0624. The summed E-state index contributed by atoms with van der Waals surface area (Å²) in [6.07, 6.45) is 1.86. The van der Waals surface area contributed by atoms with E-state index in [-0.39, 0.29) is 6.04 Å². The fraction of sp³-hybridized carbons (Fsp3) is 0.438. The number of nitrogens with one attached hydrogen (secondary N) is 1. The molecular formula is C16H21BrClN3. The number of nitrogens with zero attached hydrogens (tertiary/aromatic N) is 2. The van der Waals surface area contributed by atoms with Crippen LogP contribution in [0.4, 0.5) is 0 Å². The predicted molar refractivity (Wildman–Crippen MR) is 92.0 cm³/mol. The van der Waals surface area contributed by atoms with Crippen LogP contribution in [0.2, 0.25) is 5.02 Å². The van der Waals surface area contributed by atoms with Crippen molar-refractivity contribution in [1.29, 1.82) is 0 Å². The van der Waals surface area contributed by atoms with Crippen LogP contribution in [-0.2, 0) is 0 Å². The number of aryl methyl sites for hydroxylation is 1. The van der Waals surface area contributed by atoms with Gasteiger partial charge in [0.2, 0.25) is 0 Å².